The SMILES string of the molecule is CC(C)(N=C=O)C(C(F)(F)F)C(F)(F)F. The largest absolute Gasteiger partial charge is 0.402 e. The zero-order chi connectivity index (χ0) is 12.5. The van der Waals surface area contributed by atoms with Crippen molar-refractivity contribution in [1.29, 1.82) is 0 Å². The molecule has 15 heavy (non-hydrogen) atoms. The highest BCUT2D eigenvalue weighted by Gasteiger charge is 2.63. The summed E-state index contributed by atoms with van der Waals surface area (Å²) in [7, 11) is 0. The Morgan fingerprint density at radius 1 is 1.00 bits per heavy atom. The Balaban J connectivity index is 5.41. The fraction of sp³-hybridized carbons (Fsp3) is 0.857. The number of carbonyl (C=O) groups excluding carboxylic acids is 1. The molecule has 0 heterocycles. The van der Waals surface area contributed by atoms with Crippen molar-refractivity contribution in [3.8, 4) is 0 Å². The summed E-state index contributed by atoms with van der Waals surface area (Å²) in [5.41, 5.74) is -2.61. The van der Waals surface area contributed by atoms with E-state index in [0.29, 0.717) is 19.9 Å². The summed E-state index contributed by atoms with van der Waals surface area (Å²) in [6.45, 7) is 1.15. The van der Waals surface area contributed by atoms with Crippen molar-refractivity contribution in [3.63, 3.8) is 0 Å². The molecule has 0 bridgehead atoms. The molecule has 0 amide bonds. The third-order valence-electron chi connectivity index (χ3n) is 1.69. The van der Waals surface area contributed by atoms with E-state index in [1.807, 2.05) is 0 Å². The first kappa shape index (κ1) is 14.0. The van der Waals surface area contributed by atoms with Crippen LogP contribution in [0.3, 0.4) is 0 Å². The summed E-state index contributed by atoms with van der Waals surface area (Å²) in [6.07, 6.45) is -10.3. The molecular weight excluding hydrogens is 228 g/mol. The molecule has 0 aromatic rings. The van der Waals surface area contributed by atoms with E-state index in [2.05, 4.69) is 4.99 Å². The van der Waals surface area contributed by atoms with Crippen LogP contribution in [0.25, 0.3) is 0 Å². The zero-order valence-electron chi connectivity index (χ0n) is 7.70. The summed E-state index contributed by atoms with van der Waals surface area (Å²) in [5.74, 6) is -3.68. The van der Waals surface area contributed by atoms with E-state index in [-0.39, 0.29) is 0 Å². The van der Waals surface area contributed by atoms with Gasteiger partial charge < -0.3 is 0 Å². The highest BCUT2D eigenvalue weighted by molar-refractivity contribution is 5.35. The van der Waals surface area contributed by atoms with E-state index < -0.39 is 23.8 Å². The van der Waals surface area contributed by atoms with Crippen LogP contribution in [-0.2, 0) is 4.79 Å². The molecule has 0 radical (unpaired) electrons. The maximum Gasteiger partial charge on any atom is 0.402 e. The van der Waals surface area contributed by atoms with Gasteiger partial charge in [0, 0.05) is 0 Å². The highest BCUT2D eigenvalue weighted by Crippen LogP contribution is 2.46. The van der Waals surface area contributed by atoms with E-state index in [4.69, 9.17) is 0 Å². The Bertz CT molecular complexity index is 258. The van der Waals surface area contributed by atoms with Gasteiger partial charge in [-0.3, -0.25) is 0 Å². The van der Waals surface area contributed by atoms with Gasteiger partial charge in [-0.2, -0.15) is 31.3 Å². The Hall–Kier alpha value is -1.04. The second-order valence-corrected chi connectivity index (χ2v) is 3.37. The minimum Gasteiger partial charge on any atom is -0.211 e. The van der Waals surface area contributed by atoms with Crippen molar-refractivity contribution >= 4 is 6.08 Å². The number of rotatable bonds is 2. The highest BCUT2D eigenvalue weighted by atomic mass is 19.4. The lowest BCUT2D eigenvalue weighted by atomic mass is 9.87. The van der Waals surface area contributed by atoms with E-state index in [9.17, 15) is 31.1 Å². The molecule has 0 aliphatic heterocycles. The number of isocyanates is 1. The molecule has 0 N–H and O–H groups in total. The number of aliphatic imine (C=N–C) groups is 1. The van der Waals surface area contributed by atoms with Crippen LogP contribution in [0, 0.1) is 5.92 Å². The first-order valence-electron chi connectivity index (χ1n) is 3.65. The van der Waals surface area contributed by atoms with Gasteiger partial charge in [0.1, 0.15) is 0 Å². The monoisotopic (exact) mass is 235 g/mol. The molecule has 0 unspecified atom stereocenters. The summed E-state index contributed by atoms with van der Waals surface area (Å²) in [6, 6.07) is 0. The molecule has 8 heteroatoms. The predicted octanol–water partition coefficient (Wildman–Crippen LogP) is 2.84. The number of halogens is 6. The van der Waals surface area contributed by atoms with E-state index >= 15 is 0 Å². The van der Waals surface area contributed by atoms with Crippen molar-refractivity contribution in [2.24, 2.45) is 10.9 Å². The van der Waals surface area contributed by atoms with Crippen molar-refractivity contribution in [1.82, 2.24) is 0 Å². The zero-order valence-corrected chi connectivity index (χ0v) is 7.70. The van der Waals surface area contributed by atoms with Crippen LogP contribution >= 0.6 is 0 Å². The van der Waals surface area contributed by atoms with Gasteiger partial charge in [-0.25, -0.2) is 4.79 Å². The number of alkyl halides is 6. The van der Waals surface area contributed by atoms with Gasteiger partial charge in [0.05, 0.1) is 5.54 Å². The molecule has 0 aliphatic carbocycles. The summed E-state index contributed by atoms with van der Waals surface area (Å²) in [5, 5.41) is 0. The minimum absolute atomic E-state index is 0.573. The standard InChI is InChI=1S/C7H7F6NO/c1-5(2,14-3-15)4(6(8,9)10)7(11,12)13/h4H,1-2H3. The molecule has 0 fully saturated rings. The Kier molecular flexibility index (Phi) is 3.58. The maximum atomic E-state index is 12.1. The fourth-order valence-electron chi connectivity index (χ4n) is 1.17. The van der Waals surface area contributed by atoms with Crippen molar-refractivity contribution in [3.05, 3.63) is 0 Å². The number of hydrogen-bond acceptors (Lipinski definition) is 2. The van der Waals surface area contributed by atoms with Crippen molar-refractivity contribution < 1.29 is 31.1 Å². The molecule has 0 atom stereocenters. The van der Waals surface area contributed by atoms with Crippen LogP contribution in [0.2, 0.25) is 0 Å². The van der Waals surface area contributed by atoms with Crippen LogP contribution in [0.1, 0.15) is 13.8 Å². The Morgan fingerprint density at radius 3 is 1.53 bits per heavy atom. The fourth-order valence-corrected chi connectivity index (χ4v) is 1.17. The quantitative estimate of drug-likeness (QED) is 0.411. The average Bonchev–Trinajstić information content (AvgIpc) is 1.75. The van der Waals surface area contributed by atoms with Gasteiger partial charge in [-0.15, -0.1) is 0 Å². The second-order valence-electron chi connectivity index (χ2n) is 3.37. The van der Waals surface area contributed by atoms with Crippen LogP contribution in [0.5, 0.6) is 0 Å². The smallest absolute Gasteiger partial charge is 0.211 e. The molecule has 0 rings (SSSR count). The van der Waals surface area contributed by atoms with E-state index in [0.717, 1.165) is 0 Å². The lowest BCUT2D eigenvalue weighted by molar-refractivity contribution is -0.298. The second kappa shape index (κ2) is 3.84. The van der Waals surface area contributed by atoms with Gasteiger partial charge in [0.2, 0.25) is 6.08 Å². The number of nitrogens with zero attached hydrogens (tertiary/aromatic N) is 1. The van der Waals surface area contributed by atoms with Crippen LogP contribution < -0.4 is 0 Å². The summed E-state index contributed by atoms with van der Waals surface area (Å²) >= 11 is 0. The molecule has 0 saturated heterocycles. The van der Waals surface area contributed by atoms with Gasteiger partial charge in [-0.1, -0.05) is 0 Å². The molecule has 0 aromatic carbocycles. The first-order chi connectivity index (χ1) is 6.43. The molecular formula is C7H7F6NO. The molecule has 0 aliphatic rings. The topological polar surface area (TPSA) is 29.4 Å². The molecule has 2 nitrogen and oxygen atoms in total. The van der Waals surface area contributed by atoms with Gasteiger partial charge in [-0.05, 0) is 13.8 Å². The molecule has 0 aromatic heterocycles. The van der Waals surface area contributed by atoms with Crippen LogP contribution in [0.15, 0.2) is 4.99 Å². The van der Waals surface area contributed by atoms with E-state index in [1.54, 1.807) is 0 Å². The normalized spacial score (nSPS) is 13.9. The van der Waals surface area contributed by atoms with Crippen molar-refractivity contribution in [2.45, 2.75) is 31.7 Å². The molecule has 0 saturated carbocycles. The van der Waals surface area contributed by atoms with Gasteiger partial charge in [0.15, 0.2) is 5.92 Å². The first-order valence-corrected chi connectivity index (χ1v) is 3.65. The lowest BCUT2D eigenvalue weighted by Crippen LogP contribution is -2.49. The molecule has 88 valence electrons. The maximum absolute atomic E-state index is 12.1. The lowest BCUT2D eigenvalue weighted by Gasteiger charge is -2.32. The van der Waals surface area contributed by atoms with Gasteiger partial charge >= 0.3 is 12.4 Å². The summed E-state index contributed by atoms with van der Waals surface area (Å²) in [4.78, 5) is 12.3. The van der Waals surface area contributed by atoms with Gasteiger partial charge in [0.25, 0.3) is 0 Å². The van der Waals surface area contributed by atoms with Crippen LogP contribution in [0.4, 0.5) is 26.3 Å². The predicted molar refractivity (Wildman–Crippen MR) is 37.8 cm³/mol. The van der Waals surface area contributed by atoms with Crippen LogP contribution in [-0.4, -0.2) is 24.0 Å². The minimum atomic E-state index is -5.51. The average molecular weight is 235 g/mol. The molecule has 0 spiro atoms. The van der Waals surface area contributed by atoms with E-state index in [1.165, 1.54) is 0 Å². The third kappa shape index (κ3) is 3.54. The summed E-state index contributed by atoms with van der Waals surface area (Å²) < 4.78 is 72.8. The number of hydrogen-bond donors (Lipinski definition) is 0. The Labute approximate surface area is 81.0 Å². The van der Waals surface area contributed by atoms with Crippen molar-refractivity contribution in [2.75, 3.05) is 0 Å². The Morgan fingerprint density at radius 2 is 1.33 bits per heavy atom. The third-order valence-corrected chi connectivity index (χ3v) is 1.69.